The van der Waals surface area contributed by atoms with E-state index in [1.54, 1.807) is 0 Å². The van der Waals surface area contributed by atoms with Gasteiger partial charge in [-0.2, -0.15) is 0 Å². The third kappa shape index (κ3) is 5.06. The quantitative estimate of drug-likeness (QED) is 0.781. The SMILES string of the molecule is CC(C)N(CC(=O)NC1CCCC1)CC1CCCCN1. The topological polar surface area (TPSA) is 44.4 Å². The van der Waals surface area contributed by atoms with Crippen LogP contribution in [0.5, 0.6) is 0 Å². The van der Waals surface area contributed by atoms with Crippen molar-refractivity contribution in [2.45, 2.75) is 76.9 Å². The molecular formula is C16H31N3O. The Kier molecular flexibility index (Phi) is 6.30. The number of hydrogen-bond acceptors (Lipinski definition) is 3. The van der Waals surface area contributed by atoms with Crippen LogP contribution in [-0.4, -0.2) is 48.6 Å². The fourth-order valence-corrected chi connectivity index (χ4v) is 3.35. The van der Waals surface area contributed by atoms with E-state index in [9.17, 15) is 4.79 Å². The summed E-state index contributed by atoms with van der Waals surface area (Å²) in [4.78, 5) is 14.5. The first-order valence-corrected chi connectivity index (χ1v) is 8.42. The van der Waals surface area contributed by atoms with Crippen molar-refractivity contribution in [2.24, 2.45) is 0 Å². The van der Waals surface area contributed by atoms with Gasteiger partial charge in [-0.05, 0) is 46.1 Å². The molecule has 1 aliphatic heterocycles. The molecule has 4 heteroatoms. The van der Waals surface area contributed by atoms with Crippen LogP contribution in [0.4, 0.5) is 0 Å². The minimum absolute atomic E-state index is 0.210. The Morgan fingerprint density at radius 2 is 1.90 bits per heavy atom. The van der Waals surface area contributed by atoms with Gasteiger partial charge in [-0.3, -0.25) is 9.69 Å². The third-order valence-corrected chi connectivity index (χ3v) is 4.66. The number of carbonyl (C=O) groups is 1. The first-order chi connectivity index (χ1) is 9.65. The molecule has 1 aliphatic carbocycles. The van der Waals surface area contributed by atoms with Crippen molar-refractivity contribution in [3.8, 4) is 0 Å². The summed E-state index contributed by atoms with van der Waals surface area (Å²) in [5.74, 6) is 0.210. The van der Waals surface area contributed by atoms with Crippen LogP contribution in [0.25, 0.3) is 0 Å². The summed E-state index contributed by atoms with van der Waals surface area (Å²) in [6.45, 7) is 7.05. The Labute approximate surface area is 123 Å². The summed E-state index contributed by atoms with van der Waals surface area (Å²) in [6.07, 6.45) is 8.72. The lowest BCUT2D eigenvalue weighted by molar-refractivity contribution is -0.123. The zero-order valence-electron chi connectivity index (χ0n) is 13.2. The van der Waals surface area contributed by atoms with Gasteiger partial charge in [0.1, 0.15) is 0 Å². The highest BCUT2D eigenvalue weighted by Crippen LogP contribution is 2.17. The molecule has 1 atom stereocenters. The highest BCUT2D eigenvalue weighted by molar-refractivity contribution is 5.78. The van der Waals surface area contributed by atoms with Gasteiger partial charge in [-0.25, -0.2) is 0 Å². The van der Waals surface area contributed by atoms with Crippen LogP contribution in [-0.2, 0) is 4.79 Å². The maximum absolute atomic E-state index is 12.2. The summed E-state index contributed by atoms with van der Waals surface area (Å²) < 4.78 is 0. The molecule has 0 spiro atoms. The summed E-state index contributed by atoms with van der Waals surface area (Å²) in [5, 5.41) is 6.78. The van der Waals surface area contributed by atoms with Crippen LogP contribution < -0.4 is 10.6 Å². The normalized spacial score (nSPS) is 24.5. The Morgan fingerprint density at radius 3 is 2.50 bits per heavy atom. The van der Waals surface area contributed by atoms with E-state index in [0.717, 1.165) is 25.9 Å². The van der Waals surface area contributed by atoms with E-state index >= 15 is 0 Å². The number of amides is 1. The van der Waals surface area contributed by atoms with Crippen LogP contribution >= 0.6 is 0 Å². The molecule has 1 saturated carbocycles. The van der Waals surface area contributed by atoms with Gasteiger partial charge in [0.15, 0.2) is 0 Å². The van der Waals surface area contributed by atoms with Gasteiger partial charge in [0.25, 0.3) is 0 Å². The van der Waals surface area contributed by atoms with Crippen LogP contribution in [0.15, 0.2) is 0 Å². The van der Waals surface area contributed by atoms with Crippen molar-refractivity contribution in [2.75, 3.05) is 19.6 Å². The minimum atomic E-state index is 0.210. The molecule has 0 radical (unpaired) electrons. The van der Waals surface area contributed by atoms with Gasteiger partial charge in [0, 0.05) is 24.7 Å². The van der Waals surface area contributed by atoms with Gasteiger partial charge in [-0.15, -0.1) is 0 Å². The van der Waals surface area contributed by atoms with Crippen molar-refractivity contribution >= 4 is 5.91 Å². The van der Waals surface area contributed by atoms with Crippen molar-refractivity contribution in [1.82, 2.24) is 15.5 Å². The van der Waals surface area contributed by atoms with Crippen molar-refractivity contribution < 1.29 is 4.79 Å². The Morgan fingerprint density at radius 1 is 1.20 bits per heavy atom. The molecule has 1 heterocycles. The molecular weight excluding hydrogens is 250 g/mol. The van der Waals surface area contributed by atoms with E-state index in [1.165, 1.54) is 32.1 Å². The summed E-state index contributed by atoms with van der Waals surface area (Å²) in [5.41, 5.74) is 0. The molecule has 0 aromatic carbocycles. The number of hydrogen-bond donors (Lipinski definition) is 2. The average molecular weight is 281 g/mol. The average Bonchev–Trinajstić information content (AvgIpc) is 2.92. The Balaban J connectivity index is 1.76. The summed E-state index contributed by atoms with van der Waals surface area (Å²) in [6, 6.07) is 1.42. The predicted octanol–water partition coefficient (Wildman–Crippen LogP) is 1.90. The smallest absolute Gasteiger partial charge is 0.234 e. The maximum atomic E-state index is 12.2. The van der Waals surface area contributed by atoms with Crippen molar-refractivity contribution in [3.63, 3.8) is 0 Å². The lowest BCUT2D eigenvalue weighted by atomic mass is 10.0. The molecule has 2 fully saturated rings. The Hall–Kier alpha value is -0.610. The molecule has 116 valence electrons. The van der Waals surface area contributed by atoms with Gasteiger partial charge in [0.05, 0.1) is 6.54 Å². The fourth-order valence-electron chi connectivity index (χ4n) is 3.35. The highest BCUT2D eigenvalue weighted by Gasteiger charge is 2.22. The van der Waals surface area contributed by atoms with E-state index in [2.05, 4.69) is 29.4 Å². The van der Waals surface area contributed by atoms with Crippen LogP contribution in [0.2, 0.25) is 0 Å². The third-order valence-electron chi connectivity index (χ3n) is 4.66. The molecule has 1 unspecified atom stereocenters. The molecule has 20 heavy (non-hydrogen) atoms. The fraction of sp³-hybridized carbons (Fsp3) is 0.938. The number of nitrogens with one attached hydrogen (secondary N) is 2. The van der Waals surface area contributed by atoms with Gasteiger partial charge >= 0.3 is 0 Å². The first kappa shape index (κ1) is 15.8. The number of piperidine rings is 1. The standard InChI is InChI=1S/C16H31N3O/c1-13(2)19(11-15-9-5-6-10-17-15)12-16(20)18-14-7-3-4-8-14/h13-15,17H,3-12H2,1-2H3,(H,18,20). The predicted molar refractivity (Wildman–Crippen MR) is 82.7 cm³/mol. The molecule has 2 N–H and O–H groups in total. The van der Waals surface area contributed by atoms with Crippen LogP contribution in [0, 0.1) is 0 Å². The van der Waals surface area contributed by atoms with Gasteiger partial charge in [-0.1, -0.05) is 19.3 Å². The molecule has 1 amide bonds. The van der Waals surface area contributed by atoms with Crippen molar-refractivity contribution in [3.05, 3.63) is 0 Å². The van der Waals surface area contributed by atoms with Crippen LogP contribution in [0.1, 0.15) is 58.8 Å². The highest BCUT2D eigenvalue weighted by atomic mass is 16.2. The second-order valence-corrected chi connectivity index (χ2v) is 6.72. The molecule has 0 aromatic heterocycles. The van der Waals surface area contributed by atoms with Crippen molar-refractivity contribution in [1.29, 1.82) is 0 Å². The van der Waals surface area contributed by atoms with Crippen LogP contribution in [0.3, 0.4) is 0 Å². The minimum Gasteiger partial charge on any atom is -0.352 e. The van der Waals surface area contributed by atoms with E-state index in [-0.39, 0.29) is 5.91 Å². The largest absolute Gasteiger partial charge is 0.352 e. The van der Waals surface area contributed by atoms with E-state index < -0.39 is 0 Å². The summed E-state index contributed by atoms with van der Waals surface area (Å²) >= 11 is 0. The molecule has 1 saturated heterocycles. The second-order valence-electron chi connectivity index (χ2n) is 6.72. The zero-order valence-corrected chi connectivity index (χ0v) is 13.2. The van der Waals surface area contributed by atoms with Gasteiger partial charge in [0.2, 0.25) is 5.91 Å². The molecule has 4 nitrogen and oxygen atoms in total. The molecule has 0 aromatic rings. The lowest BCUT2D eigenvalue weighted by Crippen LogP contribution is -2.50. The van der Waals surface area contributed by atoms with Gasteiger partial charge < -0.3 is 10.6 Å². The molecule has 2 rings (SSSR count). The lowest BCUT2D eigenvalue weighted by Gasteiger charge is -2.32. The maximum Gasteiger partial charge on any atom is 0.234 e. The Bertz CT molecular complexity index is 294. The zero-order chi connectivity index (χ0) is 14.4. The number of nitrogens with zero attached hydrogens (tertiary/aromatic N) is 1. The molecule has 2 aliphatic rings. The molecule has 0 bridgehead atoms. The number of rotatable bonds is 6. The van der Waals surface area contributed by atoms with E-state index in [4.69, 9.17) is 0 Å². The first-order valence-electron chi connectivity index (χ1n) is 8.42. The van der Waals surface area contributed by atoms with E-state index in [0.29, 0.717) is 24.7 Å². The second kappa shape index (κ2) is 7.99. The monoisotopic (exact) mass is 281 g/mol. The van der Waals surface area contributed by atoms with E-state index in [1.807, 2.05) is 0 Å². The number of carbonyl (C=O) groups excluding carboxylic acids is 1. The summed E-state index contributed by atoms with van der Waals surface area (Å²) in [7, 11) is 0.